The van der Waals surface area contributed by atoms with E-state index in [1.807, 2.05) is 70.2 Å². The van der Waals surface area contributed by atoms with Crippen LogP contribution in [0.4, 0.5) is 4.79 Å². The lowest BCUT2D eigenvalue weighted by Gasteiger charge is -2.32. The van der Waals surface area contributed by atoms with E-state index >= 15 is 0 Å². The number of carbonyl (C=O) groups excluding carboxylic acids is 1. The molecule has 8 heteroatoms. The van der Waals surface area contributed by atoms with Crippen LogP contribution in [0.15, 0.2) is 54.0 Å². The van der Waals surface area contributed by atoms with E-state index in [9.17, 15) is 4.79 Å². The molecule has 0 saturated carbocycles. The number of methoxy groups -OCH3 is 1. The number of benzene rings is 2. The maximum absolute atomic E-state index is 12.3. The third-order valence-electron chi connectivity index (χ3n) is 5.73. The molecule has 170 valence electrons. The lowest BCUT2D eigenvalue weighted by Crippen LogP contribution is -2.41. The molecule has 0 atom stereocenters. The predicted molar refractivity (Wildman–Crippen MR) is 127 cm³/mol. The number of halogens is 1. The lowest BCUT2D eigenvalue weighted by atomic mass is 9.77. The number of amides is 1. The first-order valence-electron chi connectivity index (χ1n) is 10.5. The second-order valence-electron chi connectivity index (χ2n) is 8.62. The molecular formula is C24H29BClNO5. The summed E-state index contributed by atoms with van der Waals surface area (Å²) in [6, 6.07) is 15.0. The highest BCUT2D eigenvalue weighted by Gasteiger charge is 2.52. The molecule has 2 aromatic carbocycles. The number of hydrogen-bond acceptors (Lipinski definition) is 5. The van der Waals surface area contributed by atoms with Gasteiger partial charge >= 0.3 is 13.2 Å². The molecule has 1 amide bonds. The van der Waals surface area contributed by atoms with Crippen LogP contribution in [0, 0.1) is 0 Å². The maximum atomic E-state index is 12.3. The van der Waals surface area contributed by atoms with Gasteiger partial charge in [-0.2, -0.15) is 0 Å². The highest BCUT2D eigenvalue weighted by Crippen LogP contribution is 2.39. The Hall–Kier alpha value is -2.48. The molecule has 6 nitrogen and oxygen atoms in total. The molecule has 0 radical (unpaired) electrons. The Bertz CT molecular complexity index is 962. The number of hydrogen-bond donors (Lipinski definition) is 1. The van der Waals surface area contributed by atoms with E-state index in [4.69, 9.17) is 30.4 Å². The summed E-state index contributed by atoms with van der Waals surface area (Å²) in [6.45, 7) is 8.31. The summed E-state index contributed by atoms with van der Waals surface area (Å²) in [5.74, 6) is 0.587. The van der Waals surface area contributed by atoms with E-state index in [0.717, 1.165) is 16.6 Å². The van der Waals surface area contributed by atoms with Gasteiger partial charge in [0.05, 0.1) is 23.3 Å². The van der Waals surface area contributed by atoms with Crippen LogP contribution in [0.3, 0.4) is 0 Å². The van der Waals surface area contributed by atoms with Crippen LogP contribution >= 0.6 is 11.6 Å². The second kappa shape index (κ2) is 9.98. The van der Waals surface area contributed by atoms with Crippen molar-refractivity contribution in [3.63, 3.8) is 0 Å². The van der Waals surface area contributed by atoms with E-state index in [-0.39, 0.29) is 13.2 Å². The van der Waals surface area contributed by atoms with Gasteiger partial charge in [-0.1, -0.05) is 54.1 Å². The molecule has 32 heavy (non-hydrogen) atoms. The first-order valence-corrected chi connectivity index (χ1v) is 10.8. The van der Waals surface area contributed by atoms with Crippen LogP contribution in [0.1, 0.15) is 38.8 Å². The van der Waals surface area contributed by atoms with Gasteiger partial charge in [0.15, 0.2) is 0 Å². The standard InChI is InChI=1S/C24H29BClNO5/c1-23(2)24(3,4)32-25(31-23)19(13-18-11-12-21(29-5)20(26)14-18)15-27-22(28)30-16-17-9-7-6-8-10-17/h6-14H,15-16H2,1-5H3,(H,27,28). The molecule has 2 aromatic rings. The molecule has 0 aliphatic carbocycles. The highest BCUT2D eigenvalue weighted by molar-refractivity contribution is 6.56. The van der Waals surface area contributed by atoms with E-state index < -0.39 is 24.4 Å². The summed E-state index contributed by atoms with van der Waals surface area (Å²) in [5, 5.41) is 3.29. The molecule has 0 spiro atoms. The SMILES string of the molecule is COc1ccc(C=C(CNC(=O)OCc2ccccc2)B2OC(C)(C)C(C)(C)O2)cc1Cl. The average molecular weight is 458 g/mol. The zero-order valence-electron chi connectivity index (χ0n) is 19.1. The minimum Gasteiger partial charge on any atom is -0.495 e. The molecule has 0 bridgehead atoms. The van der Waals surface area contributed by atoms with Crippen LogP contribution in [-0.2, 0) is 20.7 Å². The summed E-state index contributed by atoms with van der Waals surface area (Å²) < 4.78 is 22.9. The molecule has 1 aliphatic heterocycles. The van der Waals surface area contributed by atoms with Crippen molar-refractivity contribution >= 4 is 30.9 Å². The topological polar surface area (TPSA) is 66.0 Å². The average Bonchev–Trinajstić information content (AvgIpc) is 2.97. The molecule has 1 heterocycles. The molecule has 1 fully saturated rings. The van der Waals surface area contributed by atoms with Gasteiger partial charge in [0.1, 0.15) is 12.4 Å². The first-order chi connectivity index (χ1) is 15.1. The van der Waals surface area contributed by atoms with Crippen molar-refractivity contribution in [2.24, 2.45) is 0 Å². The first kappa shape index (κ1) is 24.2. The van der Waals surface area contributed by atoms with Gasteiger partial charge in [-0.05, 0) is 56.4 Å². The van der Waals surface area contributed by atoms with Crippen molar-refractivity contribution in [3.05, 3.63) is 70.2 Å². The zero-order valence-corrected chi connectivity index (χ0v) is 19.9. The summed E-state index contributed by atoms with van der Waals surface area (Å²) >= 11 is 6.28. The molecule has 0 unspecified atom stereocenters. The molecule has 0 aromatic heterocycles. The van der Waals surface area contributed by atoms with E-state index in [1.54, 1.807) is 19.2 Å². The highest BCUT2D eigenvalue weighted by atomic mass is 35.5. The number of ether oxygens (including phenoxy) is 2. The molecular weight excluding hydrogens is 429 g/mol. The van der Waals surface area contributed by atoms with Gasteiger partial charge in [0.2, 0.25) is 0 Å². The largest absolute Gasteiger partial charge is 0.495 e. The van der Waals surface area contributed by atoms with Crippen molar-refractivity contribution in [1.29, 1.82) is 0 Å². The lowest BCUT2D eigenvalue weighted by molar-refractivity contribution is 0.00578. The van der Waals surface area contributed by atoms with Gasteiger partial charge in [-0.15, -0.1) is 0 Å². The Kier molecular flexibility index (Phi) is 7.54. The Morgan fingerprint density at radius 3 is 2.34 bits per heavy atom. The van der Waals surface area contributed by atoms with Crippen LogP contribution in [0.2, 0.25) is 5.02 Å². The Morgan fingerprint density at radius 1 is 1.09 bits per heavy atom. The fraction of sp³-hybridized carbons (Fsp3) is 0.375. The summed E-state index contributed by atoms with van der Waals surface area (Å²) in [6.07, 6.45) is 1.37. The number of carbonyl (C=O) groups is 1. The Morgan fingerprint density at radius 2 is 1.75 bits per heavy atom. The monoisotopic (exact) mass is 457 g/mol. The second-order valence-corrected chi connectivity index (χ2v) is 9.02. The minimum atomic E-state index is -0.629. The van der Waals surface area contributed by atoms with Gasteiger partial charge in [0.25, 0.3) is 0 Å². The van der Waals surface area contributed by atoms with E-state index in [2.05, 4.69) is 5.32 Å². The Balaban J connectivity index is 1.75. The smallest absolute Gasteiger partial charge is 0.492 e. The van der Waals surface area contributed by atoms with Gasteiger partial charge in [-0.3, -0.25) is 0 Å². The normalized spacial score (nSPS) is 17.2. The molecule has 1 aliphatic rings. The number of alkyl carbamates (subject to hydrolysis) is 1. The van der Waals surface area contributed by atoms with Crippen molar-refractivity contribution in [2.75, 3.05) is 13.7 Å². The fourth-order valence-corrected chi connectivity index (χ4v) is 3.40. The molecule has 1 N–H and O–H groups in total. The zero-order chi connectivity index (χ0) is 23.4. The molecule has 3 rings (SSSR count). The van der Waals surface area contributed by atoms with Gasteiger partial charge < -0.3 is 24.1 Å². The fourth-order valence-electron chi connectivity index (χ4n) is 3.13. The number of nitrogens with one attached hydrogen (secondary N) is 1. The third kappa shape index (κ3) is 5.85. The quantitative estimate of drug-likeness (QED) is 0.572. The van der Waals surface area contributed by atoms with Crippen LogP contribution in [0.25, 0.3) is 6.08 Å². The van der Waals surface area contributed by atoms with E-state index in [1.165, 1.54) is 0 Å². The van der Waals surface area contributed by atoms with Crippen molar-refractivity contribution < 1.29 is 23.6 Å². The summed E-state index contributed by atoms with van der Waals surface area (Å²) in [5.41, 5.74) is 1.46. The van der Waals surface area contributed by atoms with Crippen molar-refractivity contribution in [3.8, 4) is 5.75 Å². The summed E-state index contributed by atoms with van der Waals surface area (Å²) in [4.78, 5) is 12.3. The Labute approximate surface area is 195 Å². The van der Waals surface area contributed by atoms with Gasteiger partial charge in [0, 0.05) is 6.54 Å². The van der Waals surface area contributed by atoms with Crippen LogP contribution in [-0.4, -0.2) is 38.1 Å². The third-order valence-corrected chi connectivity index (χ3v) is 6.03. The van der Waals surface area contributed by atoms with Crippen molar-refractivity contribution in [2.45, 2.75) is 45.5 Å². The predicted octanol–water partition coefficient (Wildman–Crippen LogP) is 5.29. The van der Waals surface area contributed by atoms with E-state index in [0.29, 0.717) is 10.8 Å². The molecule has 1 saturated heterocycles. The van der Waals surface area contributed by atoms with Crippen LogP contribution in [0.5, 0.6) is 5.75 Å². The van der Waals surface area contributed by atoms with Gasteiger partial charge in [-0.25, -0.2) is 4.79 Å². The van der Waals surface area contributed by atoms with Crippen LogP contribution < -0.4 is 10.1 Å². The maximum Gasteiger partial charge on any atom is 0.492 e. The minimum absolute atomic E-state index is 0.189. The summed E-state index contributed by atoms with van der Waals surface area (Å²) in [7, 11) is 0.938. The van der Waals surface area contributed by atoms with Crippen molar-refractivity contribution in [1.82, 2.24) is 5.32 Å². The number of rotatable bonds is 7.